The van der Waals surface area contributed by atoms with Crippen LogP contribution in [-0.4, -0.2) is 30.4 Å². The SMILES string of the molecule is Cc1ccc(C(=O)N2C[C@@H](CN)[C@H](c3ccccc3)C2)c(C)c1.Cl. The number of carbonyl (C=O) groups excluding carboxylic acids is 1. The molecule has 0 saturated carbocycles. The van der Waals surface area contributed by atoms with Crippen molar-refractivity contribution < 1.29 is 4.79 Å². The smallest absolute Gasteiger partial charge is 0.254 e. The van der Waals surface area contributed by atoms with Crippen molar-refractivity contribution in [3.63, 3.8) is 0 Å². The lowest BCUT2D eigenvalue weighted by molar-refractivity contribution is 0.0785. The highest BCUT2D eigenvalue weighted by atomic mass is 35.5. The van der Waals surface area contributed by atoms with Gasteiger partial charge in [-0.15, -0.1) is 12.4 Å². The first kappa shape index (κ1) is 18.5. The van der Waals surface area contributed by atoms with E-state index in [4.69, 9.17) is 5.73 Å². The quantitative estimate of drug-likeness (QED) is 0.925. The van der Waals surface area contributed by atoms with Gasteiger partial charge >= 0.3 is 0 Å². The lowest BCUT2D eigenvalue weighted by Gasteiger charge is -2.18. The summed E-state index contributed by atoms with van der Waals surface area (Å²) < 4.78 is 0. The van der Waals surface area contributed by atoms with E-state index in [-0.39, 0.29) is 18.3 Å². The van der Waals surface area contributed by atoms with Gasteiger partial charge < -0.3 is 10.6 Å². The second kappa shape index (κ2) is 7.82. The predicted molar refractivity (Wildman–Crippen MR) is 101 cm³/mol. The Hall–Kier alpha value is -1.84. The van der Waals surface area contributed by atoms with Crippen LogP contribution in [0, 0.1) is 19.8 Å². The summed E-state index contributed by atoms with van der Waals surface area (Å²) >= 11 is 0. The van der Waals surface area contributed by atoms with Crippen molar-refractivity contribution in [2.75, 3.05) is 19.6 Å². The number of rotatable bonds is 3. The zero-order valence-electron chi connectivity index (χ0n) is 14.2. The molecule has 2 aromatic rings. The van der Waals surface area contributed by atoms with Crippen LogP contribution < -0.4 is 5.73 Å². The lowest BCUT2D eigenvalue weighted by atomic mass is 9.89. The van der Waals surface area contributed by atoms with E-state index in [1.165, 1.54) is 11.1 Å². The molecular formula is C20H25ClN2O. The monoisotopic (exact) mass is 344 g/mol. The fraction of sp³-hybridized carbons (Fsp3) is 0.350. The van der Waals surface area contributed by atoms with Crippen LogP contribution in [0.4, 0.5) is 0 Å². The van der Waals surface area contributed by atoms with Gasteiger partial charge in [-0.3, -0.25) is 4.79 Å². The van der Waals surface area contributed by atoms with Gasteiger partial charge in [-0.2, -0.15) is 0 Å². The van der Waals surface area contributed by atoms with Crippen LogP contribution in [0.15, 0.2) is 48.5 Å². The highest BCUT2D eigenvalue weighted by Crippen LogP contribution is 2.33. The summed E-state index contributed by atoms with van der Waals surface area (Å²) in [5.74, 6) is 0.780. The second-order valence-electron chi connectivity index (χ2n) is 6.54. The minimum absolute atomic E-state index is 0. The number of amides is 1. The van der Waals surface area contributed by atoms with E-state index in [9.17, 15) is 4.79 Å². The number of aryl methyl sites for hydroxylation is 2. The molecule has 3 nitrogen and oxygen atoms in total. The number of likely N-dealkylation sites (tertiary alicyclic amines) is 1. The number of benzene rings is 2. The third kappa shape index (κ3) is 3.63. The Morgan fingerprint density at radius 1 is 1.12 bits per heavy atom. The average molecular weight is 345 g/mol. The van der Waals surface area contributed by atoms with E-state index in [0.717, 1.165) is 24.2 Å². The van der Waals surface area contributed by atoms with E-state index >= 15 is 0 Å². The summed E-state index contributed by atoms with van der Waals surface area (Å²) in [6.07, 6.45) is 0. The molecule has 0 unspecified atom stereocenters. The first-order chi connectivity index (χ1) is 11.1. The lowest BCUT2D eigenvalue weighted by Crippen LogP contribution is -2.30. The van der Waals surface area contributed by atoms with Crippen LogP contribution in [0.1, 0.15) is 33.0 Å². The maximum Gasteiger partial charge on any atom is 0.254 e. The van der Waals surface area contributed by atoms with Gasteiger partial charge in [-0.05, 0) is 43.5 Å². The molecule has 128 valence electrons. The largest absolute Gasteiger partial charge is 0.338 e. The Kier molecular flexibility index (Phi) is 6.03. The molecule has 1 amide bonds. The molecule has 1 aliphatic heterocycles. The molecule has 0 aromatic heterocycles. The molecule has 1 fully saturated rings. The number of carbonyl (C=O) groups is 1. The fourth-order valence-corrected chi connectivity index (χ4v) is 3.58. The minimum Gasteiger partial charge on any atom is -0.338 e. The number of nitrogens with two attached hydrogens (primary N) is 1. The highest BCUT2D eigenvalue weighted by Gasteiger charge is 2.35. The summed E-state index contributed by atoms with van der Waals surface area (Å²) in [4.78, 5) is 14.9. The van der Waals surface area contributed by atoms with Crippen molar-refractivity contribution in [3.05, 3.63) is 70.8 Å². The number of hydrogen-bond acceptors (Lipinski definition) is 2. The van der Waals surface area contributed by atoms with Gasteiger partial charge in [0.25, 0.3) is 5.91 Å². The van der Waals surface area contributed by atoms with Crippen molar-refractivity contribution in [2.24, 2.45) is 11.7 Å². The zero-order chi connectivity index (χ0) is 16.4. The van der Waals surface area contributed by atoms with Crippen molar-refractivity contribution in [3.8, 4) is 0 Å². The van der Waals surface area contributed by atoms with Crippen LogP contribution in [-0.2, 0) is 0 Å². The van der Waals surface area contributed by atoms with Gasteiger partial charge in [0, 0.05) is 24.6 Å². The van der Waals surface area contributed by atoms with Crippen molar-refractivity contribution in [1.29, 1.82) is 0 Å². The maximum absolute atomic E-state index is 12.9. The number of nitrogens with zero attached hydrogens (tertiary/aromatic N) is 1. The summed E-state index contributed by atoms with van der Waals surface area (Å²) in [5, 5.41) is 0. The van der Waals surface area contributed by atoms with Gasteiger partial charge in [0.2, 0.25) is 0 Å². The van der Waals surface area contributed by atoms with E-state index in [1.807, 2.05) is 36.9 Å². The molecule has 4 heteroatoms. The third-order valence-corrected chi connectivity index (χ3v) is 4.87. The van der Waals surface area contributed by atoms with Crippen LogP contribution in [0.25, 0.3) is 0 Å². The molecule has 1 saturated heterocycles. The van der Waals surface area contributed by atoms with E-state index < -0.39 is 0 Å². The van der Waals surface area contributed by atoms with Crippen LogP contribution >= 0.6 is 12.4 Å². The summed E-state index contributed by atoms with van der Waals surface area (Å²) in [7, 11) is 0. The maximum atomic E-state index is 12.9. The van der Waals surface area contributed by atoms with Gasteiger partial charge in [0.15, 0.2) is 0 Å². The molecule has 0 aliphatic carbocycles. The minimum atomic E-state index is 0. The number of hydrogen-bond donors (Lipinski definition) is 1. The Balaban J connectivity index is 0.00000208. The predicted octanol–water partition coefficient (Wildman–Crippen LogP) is 3.54. The Labute approximate surface area is 150 Å². The molecule has 0 radical (unpaired) electrons. The van der Waals surface area contributed by atoms with Crippen molar-refractivity contribution >= 4 is 18.3 Å². The topological polar surface area (TPSA) is 46.3 Å². The van der Waals surface area contributed by atoms with E-state index in [0.29, 0.717) is 18.4 Å². The normalized spacial score (nSPS) is 19.9. The van der Waals surface area contributed by atoms with E-state index in [2.05, 4.69) is 30.3 Å². The molecule has 3 rings (SSSR count). The van der Waals surface area contributed by atoms with Crippen LogP contribution in [0.3, 0.4) is 0 Å². The van der Waals surface area contributed by atoms with Gasteiger partial charge in [0.1, 0.15) is 0 Å². The second-order valence-corrected chi connectivity index (χ2v) is 6.54. The molecular weight excluding hydrogens is 320 g/mol. The summed E-state index contributed by atoms with van der Waals surface area (Å²) in [5.41, 5.74) is 10.3. The van der Waals surface area contributed by atoms with Gasteiger partial charge in [0.05, 0.1) is 0 Å². The van der Waals surface area contributed by atoms with E-state index in [1.54, 1.807) is 0 Å². The average Bonchev–Trinajstić information content (AvgIpc) is 2.99. The Morgan fingerprint density at radius 2 is 1.83 bits per heavy atom. The molecule has 1 heterocycles. The molecule has 24 heavy (non-hydrogen) atoms. The summed E-state index contributed by atoms with van der Waals surface area (Å²) in [6, 6.07) is 16.4. The molecule has 2 N–H and O–H groups in total. The van der Waals surface area contributed by atoms with Gasteiger partial charge in [-0.25, -0.2) is 0 Å². The first-order valence-corrected chi connectivity index (χ1v) is 8.21. The molecule has 0 spiro atoms. The number of halogens is 1. The zero-order valence-corrected chi connectivity index (χ0v) is 15.1. The molecule has 2 atom stereocenters. The fourth-order valence-electron chi connectivity index (χ4n) is 3.58. The molecule has 1 aliphatic rings. The van der Waals surface area contributed by atoms with Crippen LogP contribution in [0.2, 0.25) is 0 Å². The standard InChI is InChI=1S/C20H24N2O.ClH/c1-14-8-9-18(15(2)10-14)20(23)22-12-17(11-21)19(13-22)16-6-4-3-5-7-16;/h3-10,17,19H,11-13,21H2,1-2H3;1H/t17-,19+;/m1./s1. The van der Waals surface area contributed by atoms with Crippen molar-refractivity contribution in [1.82, 2.24) is 4.90 Å². The highest BCUT2D eigenvalue weighted by molar-refractivity contribution is 5.96. The molecule has 2 aromatic carbocycles. The Morgan fingerprint density at radius 3 is 2.46 bits per heavy atom. The van der Waals surface area contributed by atoms with Crippen molar-refractivity contribution in [2.45, 2.75) is 19.8 Å². The first-order valence-electron chi connectivity index (χ1n) is 8.21. The van der Waals surface area contributed by atoms with Gasteiger partial charge in [-0.1, -0.05) is 48.0 Å². The summed E-state index contributed by atoms with van der Waals surface area (Å²) in [6.45, 7) is 6.15. The third-order valence-electron chi connectivity index (χ3n) is 4.87. The van der Waals surface area contributed by atoms with Crippen LogP contribution in [0.5, 0.6) is 0 Å². The molecule has 0 bridgehead atoms. The Bertz CT molecular complexity index is 702.